The summed E-state index contributed by atoms with van der Waals surface area (Å²) in [4.78, 5) is 13.7. The Morgan fingerprint density at radius 2 is 2.16 bits per heavy atom. The van der Waals surface area contributed by atoms with Crippen LogP contribution in [0.2, 0.25) is 0 Å². The van der Waals surface area contributed by atoms with Crippen molar-refractivity contribution >= 4 is 50.6 Å². The second-order valence-corrected chi connectivity index (χ2v) is 8.65. The van der Waals surface area contributed by atoms with Gasteiger partial charge in [0.25, 0.3) is 0 Å². The Morgan fingerprint density at radius 3 is 2.88 bits per heavy atom. The molecule has 0 bridgehead atoms. The van der Waals surface area contributed by atoms with E-state index in [1.54, 1.807) is 17.7 Å². The number of halogens is 1. The number of aryl methyl sites for hydroxylation is 2. The van der Waals surface area contributed by atoms with E-state index >= 15 is 0 Å². The lowest BCUT2D eigenvalue weighted by atomic mass is 10.3. The lowest BCUT2D eigenvalue weighted by Crippen LogP contribution is -2.23. The van der Waals surface area contributed by atoms with Gasteiger partial charge in [-0.15, -0.1) is 21.5 Å². The number of rotatable bonds is 7. The molecule has 2 heterocycles. The number of nitrogens with one attached hydrogen (secondary N) is 1. The number of thiophene rings is 1. The minimum absolute atomic E-state index is 0.0554. The Hall–Kier alpha value is -1.64. The minimum atomic E-state index is -0.270. The van der Waals surface area contributed by atoms with Crippen molar-refractivity contribution in [3.63, 3.8) is 0 Å². The maximum absolute atomic E-state index is 12.4. The van der Waals surface area contributed by atoms with Crippen molar-refractivity contribution in [2.45, 2.75) is 30.3 Å². The molecule has 5 nitrogen and oxygen atoms in total. The monoisotopic (exact) mass is 436 g/mol. The van der Waals surface area contributed by atoms with Gasteiger partial charge < -0.3 is 9.88 Å². The third-order valence-corrected chi connectivity index (χ3v) is 6.08. The Balaban J connectivity index is 1.57. The standard InChI is InChI=1S/C17H17BrN4OS2/c1-12(16(23)20-14-6-4-13(18)5-7-14)25-17-21-19-11-22(17)9-8-15-3-2-10-24-15/h2-7,10-12H,8-9H2,1H3,(H,20,23). The fourth-order valence-corrected chi connectivity index (χ4v) is 3.98. The second-order valence-electron chi connectivity index (χ2n) is 5.39. The molecule has 1 aromatic carbocycles. The average molecular weight is 437 g/mol. The molecule has 0 saturated heterocycles. The van der Waals surface area contributed by atoms with Crippen LogP contribution in [0, 0.1) is 0 Å². The SMILES string of the molecule is CC(Sc1nncn1CCc1cccs1)C(=O)Nc1ccc(Br)cc1. The zero-order valence-corrected chi connectivity index (χ0v) is 16.8. The van der Waals surface area contributed by atoms with Gasteiger partial charge in [-0.2, -0.15) is 0 Å². The highest BCUT2D eigenvalue weighted by Crippen LogP contribution is 2.23. The van der Waals surface area contributed by atoms with Gasteiger partial charge in [0.1, 0.15) is 6.33 Å². The van der Waals surface area contributed by atoms with E-state index in [0.29, 0.717) is 0 Å². The molecule has 0 aliphatic rings. The zero-order valence-electron chi connectivity index (χ0n) is 13.6. The van der Waals surface area contributed by atoms with Gasteiger partial charge in [-0.25, -0.2) is 0 Å². The van der Waals surface area contributed by atoms with Crippen LogP contribution in [0.4, 0.5) is 5.69 Å². The summed E-state index contributed by atoms with van der Waals surface area (Å²) >= 11 is 6.54. The molecule has 25 heavy (non-hydrogen) atoms. The fraction of sp³-hybridized carbons (Fsp3) is 0.235. The van der Waals surface area contributed by atoms with E-state index in [9.17, 15) is 4.79 Å². The number of thioether (sulfide) groups is 1. The maximum atomic E-state index is 12.4. The summed E-state index contributed by atoms with van der Waals surface area (Å²) in [7, 11) is 0. The Morgan fingerprint density at radius 1 is 1.36 bits per heavy atom. The first-order valence-corrected chi connectivity index (χ1v) is 10.3. The van der Waals surface area contributed by atoms with E-state index in [2.05, 4.69) is 49.0 Å². The Kier molecular flexibility index (Phi) is 6.28. The van der Waals surface area contributed by atoms with Crippen LogP contribution in [0.15, 0.2) is 57.7 Å². The molecule has 8 heteroatoms. The molecule has 0 aliphatic heterocycles. The van der Waals surface area contributed by atoms with Crippen LogP contribution in [0.1, 0.15) is 11.8 Å². The highest BCUT2D eigenvalue weighted by Gasteiger charge is 2.18. The van der Waals surface area contributed by atoms with Crippen molar-refractivity contribution in [1.29, 1.82) is 0 Å². The van der Waals surface area contributed by atoms with Crippen LogP contribution in [-0.2, 0) is 17.8 Å². The van der Waals surface area contributed by atoms with Crippen LogP contribution in [0.25, 0.3) is 0 Å². The molecule has 3 rings (SSSR count). The predicted octanol–water partition coefficient (Wildman–Crippen LogP) is 4.46. The third-order valence-electron chi connectivity index (χ3n) is 3.52. The van der Waals surface area contributed by atoms with Crippen LogP contribution in [0.3, 0.4) is 0 Å². The zero-order chi connectivity index (χ0) is 17.6. The van der Waals surface area contributed by atoms with Crippen LogP contribution in [0.5, 0.6) is 0 Å². The number of hydrogen-bond acceptors (Lipinski definition) is 5. The van der Waals surface area contributed by atoms with Gasteiger partial charge in [0.15, 0.2) is 5.16 Å². The molecular formula is C17H17BrN4OS2. The van der Waals surface area contributed by atoms with E-state index in [-0.39, 0.29) is 11.2 Å². The highest BCUT2D eigenvalue weighted by molar-refractivity contribution is 9.10. The number of anilines is 1. The molecule has 1 N–H and O–H groups in total. The van der Waals surface area contributed by atoms with Crippen LogP contribution >= 0.6 is 39.0 Å². The number of amides is 1. The smallest absolute Gasteiger partial charge is 0.237 e. The van der Waals surface area contributed by atoms with Crippen LogP contribution < -0.4 is 5.32 Å². The van der Waals surface area contributed by atoms with Gasteiger partial charge in [0, 0.05) is 21.6 Å². The van der Waals surface area contributed by atoms with Crippen LogP contribution in [-0.4, -0.2) is 25.9 Å². The lowest BCUT2D eigenvalue weighted by Gasteiger charge is -2.12. The number of nitrogens with zero attached hydrogens (tertiary/aromatic N) is 3. The van der Waals surface area contributed by atoms with E-state index in [1.807, 2.05) is 35.8 Å². The van der Waals surface area contributed by atoms with Crippen molar-refractivity contribution in [3.8, 4) is 0 Å². The number of aromatic nitrogens is 3. The molecule has 1 amide bonds. The second kappa shape index (κ2) is 8.64. The van der Waals surface area contributed by atoms with E-state index in [4.69, 9.17) is 0 Å². The van der Waals surface area contributed by atoms with Gasteiger partial charge in [-0.1, -0.05) is 33.8 Å². The topological polar surface area (TPSA) is 59.8 Å². The van der Waals surface area contributed by atoms with Crippen molar-refractivity contribution in [3.05, 3.63) is 57.5 Å². The van der Waals surface area contributed by atoms with Crippen molar-refractivity contribution in [1.82, 2.24) is 14.8 Å². The molecule has 0 spiro atoms. The van der Waals surface area contributed by atoms with Gasteiger partial charge >= 0.3 is 0 Å². The number of carbonyl (C=O) groups is 1. The largest absolute Gasteiger partial charge is 0.325 e. The predicted molar refractivity (Wildman–Crippen MR) is 106 cm³/mol. The molecule has 0 fully saturated rings. The summed E-state index contributed by atoms with van der Waals surface area (Å²) < 4.78 is 2.97. The summed E-state index contributed by atoms with van der Waals surface area (Å²) in [6, 6.07) is 11.7. The summed E-state index contributed by atoms with van der Waals surface area (Å²) in [6.45, 7) is 2.67. The summed E-state index contributed by atoms with van der Waals surface area (Å²) in [5.41, 5.74) is 0.778. The van der Waals surface area contributed by atoms with E-state index in [0.717, 1.165) is 28.3 Å². The number of carbonyl (C=O) groups excluding carboxylic acids is 1. The quantitative estimate of drug-likeness (QED) is 0.555. The van der Waals surface area contributed by atoms with Gasteiger partial charge in [0.2, 0.25) is 5.91 Å². The average Bonchev–Trinajstić information content (AvgIpc) is 3.26. The van der Waals surface area contributed by atoms with Crippen molar-refractivity contribution in [2.75, 3.05) is 5.32 Å². The van der Waals surface area contributed by atoms with Gasteiger partial charge in [-0.3, -0.25) is 4.79 Å². The van der Waals surface area contributed by atoms with Crippen molar-refractivity contribution < 1.29 is 4.79 Å². The molecule has 1 atom stereocenters. The minimum Gasteiger partial charge on any atom is -0.325 e. The normalized spacial score (nSPS) is 12.1. The molecule has 0 aliphatic carbocycles. The van der Waals surface area contributed by atoms with E-state index in [1.165, 1.54) is 16.6 Å². The molecule has 1 unspecified atom stereocenters. The Bertz CT molecular complexity index is 818. The Labute approximate surface area is 163 Å². The first-order valence-electron chi connectivity index (χ1n) is 7.75. The molecular weight excluding hydrogens is 420 g/mol. The third kappa shape index (κ3) is 5.17. The summed E-state index contributed by atoms with van der Waals surface area (Å²) in [5.74, 6) is -0.0554. The first kappa shape index (κ1) is 18.2. The van der Waals surface area contributed by atoms with Gasteiger partial charge in [-0.05, 0) is 49.1 Å². The number of benzene rings is 1. The fourth-order valence-electron chi connectivity index (χ4n) is 2.16. The summed E-state index contributed by atoms with van der Waals surface area (Å²) in [5, 5.41) is 13.6. The lowest BCUT2D eigenvalue weighted by molar-refractivity contribution is -0.115. The number of hydrogen-bond donors (Lipinski definition) is 1. The molecule has 3 aromatic rings. The molecule has 0 saturated carbocycles. The molecule has 0 radical (unpaired) electrons. The first-order chi connectivity index (χ1) is 12.1. The van der Waals surface area contributed by atoms with Crippen molar-refractivity contribution in [2.24, 2.45) is 0 Å². The molecule has 130 valence electrons. The molecule has 2 aromatic heterocycles. The maximum Gasteiger partial charge on any atom is 0.237 e. The van der Waals surface area contributed by atoms with Gasteiger partial charge in [0.05, 0.1) is 5.25 Å². The summed E-state index contributed by atoms with van der Waals surface area (Å²) in [6.07, 6.45) is 2.65. The van der Waals surface area contributed by atoms with E-state index < -0.39 is 0 Å². The highest BCUT2D eigenvalue weighted by atomic mass is 79.9.